The van der Waals surface area contributed by atoms with E-state index in [1.807, 2.05) is 0 Å². The summed E-state index contributed by atoms with van der Waals surface area (Å²) < 4.78 is 5.22. The topological polar surface area (TPSA) is 101 Å². The summed E-state index contributed by atoms with van der Waals surface area (Å²) in [5, 5.41) is 12.3. The van der Waals surface area contributed by atoms with E-state index >= 15 is 0 Å². The van der Waals surface area contributed by atoms with Gasteiger partial charge in [0.25, 0.3) is 0 Å². The Morgan fingerprint density at radius 1 is 1.11 bits per heavy atom. The number of carbonyl (C=O) groups excluding carboxylic acids is 1. The quantitative estimate of drug-likeness (QED) is 0.842. The minimum absolute atomic E-state index is 0.0262. The van der Waals surface area contributed by atoms with E-state index in [9.17, 15) is 14.7 Å². The number of aromatic nitrogens is 2. The maximum absolute atomic E-state index is 12.5. The molecule has 0 bridgehead atoms. The van der Waals surface area contributed by atoms with Crippen LogP contribution in [0.1, 0.15) is 40.8 Å². The zero-order valence-electron chi connectivity index (χ0n) is 14.9. The molecule has 2 N–H and O–H groups in total. The van der Waals surface area contributed by atoms with Crippen molar-refractivity contribution in [1.82, 2.24) is 9.97 Å². The van der Waals surface area contributed by atoms with E-state index in [1.54, 1.807) is 0 Å². The lowest BCUT2D eigenvalue weighted by Crippen LogP contribution is -2.32. The first-order valence-corrected chi connectivity index (χ1v) is 9.23. The van der Waals surface area contributed by atoms with Crippen molar-refractivity contribution in [3.8, 4) is 0 Å². The Hall–Kier alpha value is -2.96. The van der Waals surface area contributed by atoms with Gasteiger partial charge >= 0.3 is 12.1 Å². The summed E-state index contributed by atoms with van der Waals surface area (Å²) in [7, 11) is 0. The molecular formula is C20H21N3O4. The molecule has 1 aromatic heterocycles. The second-order valence-electron chi connectivity index (χ2n) is 6.99. The number of ether oxygens (including phenoxy) is 1. The Labute approximate surface area is 156 Å². The molecule has 2 aliphatic carbocycles. The van der Waals surface area contributed by atoms with E-state index in [2.05, 4.69) is 21.4 Å². The van der Waals surface area contributed by atoms with Gasteiger partial charge in [-0.25, -0.2) is 9.59 Å². The average Bonchev–Trinajstić information content (AvgIpc) is 3.31. The van der Waals surface area contributed by atoms with Crippen LogP contribution in [0, 0.1) is 0 Å². The van der Waals surface area contributed by atoms with Gasteiger partial charge in [0.1, 0.15) is 0 Å². The van der Waals surface area contributed by atoms with Crippen LogP contribution in [-0.4, -0.2) is 33.2 Å². The number of amides is 1. The molecule has 7 heteroatoms. The van der Waals surface area contributed by atoms with Crippen LogP contribution in [0.25, 0.3) is 0 Å². The van der Waals surface area contributed by atoms with Crippen LogP contribution < -0.4 is 5.32 Å². The molecule has 2 aliphatic rings. The van der Waals surface area contributed by atoms with Crippen molar-refractivity contribution in [1.29, 1.82) is 0 Å². The summed E-state index contributed by atoms with van der Waals surface area (Å²) in [6.07, 6.45) is 8.43. The number of aryl methyl sites for hydroxylation is 2. The number of carboxylic acid groups (broad SMARTS) is 1. The molecule has 4 rings (SSSR count). The summed E-state index contributed by atoms with van der Waals surface area (Å²) in [6, 6.07) is 2.27. The van der Waals surface area contributed by atoms with Gasteiger partial charge in [-0.15, -0.1) is 0 Å². The number of fused-ring (bicyclic) bond motifs is 2. The lowest BCUT2D eigenvalue weighted by molar-refractivity contribution is -0.146. The molecule has 0 spiro atoms. The standard InChI is InChI=1S/C20H21N3O4/c24-19(25)17(10-14-11-21-7-8-22-14)27-20(26)23-18-15-5-1-3-12(15)9-13-4-2-6-16(13)18/h7-9,11,17H,1-6,10H2,(H,23,26)(H,24,25)/t17-/m1/s1. The summed E-state index contributed by atoms with van der Waals surface area (Å²) in [4.78, 5) is 32.0. The highest BCUT2D eigenvalue weighted by atomic mass is 16.6. The first-order valence-electron chi connectivity index (χ1n) is 9.23. The number of anilines is 1. The first-order chi connectivity index (χ1) is 13.1. The normalized spacial score (nSPS) is 15.7. The predicted molar refractivity (Wildman–Crippen MR) is 97.8 cm³/mol. The van der Waals surface area contributed by atoms with Crippen molar-refractivity contribution < 1.29 is 19.4 Å². The number of aliphatic carboxylic acids is 1. The molecule has 0 unspecified atom stereocenters. The van der Waals surface area contributed by atoms with Crippen LogP contribution >= 0.6 is 0 Å². The maximum Gasteiger partial charge on any atom is 0.412 e. The van der Waals surface area contributed by atoms with Gasteiger partial charge < -0.3 is 9.84 Å². The Morgan fingerprint density at radius 3 is 2.41 bits per heavy atom. The van der Waals surface area contributed by atoms with E-state index in [0.29, 0.717) is 5.69 Å². The van der Waals surface area contributed by atoms with Crippen molar-refractivity contribution in [3.63, 3.8) is 0 Å². The highest BCUT2D eigenvalue weighted by molar-refractivity contribution is 5.90. The number of nitrogens with one attached hydrogen (secondary N) is 1. The molecule has 1 aromatic carbocycles. The summed E-state index contributed by atoms with van der Waals surface area (Å²) >= 11 is 0. The van der Waals surface area contributed by atoms with Gasteiger partial charge in [-0.05, 0) is 60.8 Å². The summed E-state index contributed by atoms with van der Waals surface area (Å²) in [6.45, 7) is 0. The van der Waals surface area contributed by atoms with Crippen molar-refractivity contribution >= 4 is 17.7 Å². The van der Waals surface area contributed by atoms with Crippen molar-refractivity contribution in [2.24, 2.45) is 0 Å². The van der Waals surface area contributed by atoms with Gasteiger partial charge in [-0.2, -0.15) is 0 Å². The Kier molecular flexibility index (Phi) is 4.75. The number of carbonyl (C=O) groups is 2. The van der Waals surface area contributed by atoms with E-state index in [4.69, 9.17) is 4.74 Å². The number of nitrogens with zero attached hydrogens (tertiary/aromatic N) is 2. The fourth-order valence-corrected chi connectivity index (χ4v) is 4.03. The fourth-order valence-electron chi connectivity index (χ4n) is 4.03. The molecule has 1 amide bonds. The molecule has 0 saturated heterocycles. The second kappa shape index (κ2) is 7.34. The van der Waals surface area contributed by atoms with E-state index in [-0.39, 0.29) is 6.42 Å². The fraction of sp³-hybridized carbons (Fsp3) is 0.400. The zero-order valence-corrected chi connectivity index (χ0v) is 14.9. The van der Waals surface area contributed by atoms with Gasteiger partial charge in [0.2, 0.25) is 6.10 Å². The summed E-state index contributed by atoms with van der Waals surface area (Å²) in [5.74, 6) is -1.21. The number of carboxylic acids is 1. The molecular weight excluding hydrogens is 346 g/mol. The molecule has 0 aliphatic heterocycles. The van der Waals surface area contributed by atoms with Crippen LogP contribution in [0.3, 0.4) is 0 Å². The number of hydrogen-bond donors (Lipinski definition) is 2. The molecule has 140 valence electrons. The molecule has 2 aromatic rings. The molecule has 27 heavy (non-hydrogen) atoms. The SMILES string of the molecule is O=C(Nc1c2c(cc3c1CCC3)CCC2)O[C@H](Cc1cnccn1)C(=O)O. The molecule has 0 radical (unpaired) electrons. The largest absolute Gasteiger partial charge is 0.478 e. The maximum atomic E-state index is 12.5. The number of benzene rings is 1. The van der Waals surface area contributed by atoms with Crippen molar-refractivity contribution in [2.75, 3.05) is 5.32 Å². The third-order valence-electron chi connectivity index (χ3n) is 5.24. The smallest absolute Gasteiger partial charge is 0.412 e. The van der Waals surface area contributed by atoms with Gasteiger partial charge in [0.05, 0.1) is 11.4 Å². The van der Waals surface area contributed by atoms with Crippen molar-refractivity contribution in [2.45, 2.75) is 51.0 Å². The molecule has 7 nitrogen and oxygen atoms in total. The second-order valence-corrected chi connectivity index (χ2v) is 6.99. The Balaban J connectivity index is 1.52. The Bertz CT molecular complexity index is 850. The highest BCUT2D eigenvalue weighted by Crippen LogP contribution is 2.38. The third-order valence-corrected chi connectivity index (χ3v) is 5.24. The van der Waals surface area contributed by atoms with E-state index in [0.717, 1.165) is 44.2 Å². The van der Waals surface area contributed by atoms with Crippen LogP contribution in [0.2, 0.25) is 0 Å². The van der Waals surface area contributed by atoms with E-state index in [1.165, 1.54) is 40.8 Å². The van der Waals surface area contributed by atoms with Gasteiger partial charge in [-0.3, -0.25) is 15.3 Å². The third kappa shape index (κ3) is 3.63. The average molecular weight is 367 g/mol. The lowest BCUT2D eigenvalue weighted by Gasteiger charge is -2.18. The number of rotatable bonds is 5. The van der Waals surface area contributed by atoms with Gasteiger partial charge in [0, 0.05) is 25.0 Å². The lowest BCUT2D eigenvalue weighted by atomic mass is 9.99. The summed E-state index contributed by atoms with van der Waals surface area (Å²) in [5.41, 5.74) is 6.23. The van der Waals surface area contributed by atoms with Crippen LogP contribution in [0.4, 0.5) is 10.5 Å². The van der Waals surface area contributed by atoms with E-state index < -0.39 is 18.2 Å². The molecule has 1 heterocycles. The molecule has 0 fully saturated rings. The molecule has 1 atom stereocenters. The van der Waals surface area contributed by atoms with Crippen LogP contribution in [0.5, 0.6) is 0 Å². The van der Waals surface area contributed by atoms with Gasteiger partial charge in [-0.1, -0.05) is 6.07 Å². The van der Waals surface area contributed by atoms with Crippen LogP contribution in [-0.2, 0) is 41.6 Å². The van der Waals surface area contributed by atoms with Crippen LogP contribution in [0.15, 0.2) is 24.7 Å². The monoisotopic (exact) mass is 367 g/mol. The predicted octanol–water partition coefficient (Wildman–Crippen LogP) is 2.70. The number of hydrogen-bond acceptors (Lipinski definition) is 5. The minimum atomic E-state index is -1.31. The van der Waals surface area contributed by atoms with Gasteiger partial charge in [0.15, 0.2) is 0 Å². The highest BCUT2D eigenvalue weighted by Gasteiger charge is 2.28. The zero-order chi connectivity index (χ0) is 18.8. The van der Waals surface area contributed by atoms with Crippen molar-refractivity contribution in [3.05, 3.63) is 52.6 Å². The minimum Gasteiger partial charge on any atom is -0.478 e. The first kappa shape index (κ1) is 17.5. The Morgan fingerprint density at radius 2 is 1.81 bits per heavy atom. The molecule has 0 saturated carbocycles.